The van der Waals surface area contributed by atoms with Gasteiger partial charge in [0.15, 0.2) is 0 Å². The highest BCUT2D eigenvalue weighted by Gasteiger charge is 2.38. The lowest BCUT2D eigenvalue weighted by molar-refractivity contribution is -0.155. The summed E-state index contributed by atoms with van der Waals surface area (Å²) in [7, 11) is 0. The monoisotopic (exact) mass is 277 g/mol. The van der Waals surface area contributed by atoms with Crippen LogP contribution in [0.3, 0.4) is 0 Å². The van der Waals surface area contributed by atoms with Gasteiger partial charge in [0.25, 0.3) is 0 Å². The highest BCUT2D eigenvalue weighted by atomic mass is 16.4. The summed E-state index contributed by atoms with van der Waals surface area (Å²) in [6.07, 6.45) is 0.298. The van der Waals surface area contributed by atoms with Crippen LogP contribution in [0.2, 0.25) is 0 Å². The van der Waals surface area contributed by atoms with Crippen molar-refractivity contribution in [3.05, 3.63) is 35.9 Å². The molecular weight excluding hydrogens is 254 g/mol. The molecule has 0 saturated carbocycles. The fourth-order valence-electron chi connectivity index (χ4n) is 2.28. The van der Waals surface area contributed by atoms with E-state index in [0.717, 1.165) is 5.56 Å². The number of hydrogen-bond acceptors (Lipinski definition) is 2. The predicted octanol–water partition coefficient (Wildman–Crippen LogP) is 2.92. The molecule has 1 rings (SSSR count). The van der Waals surface area contributed by atoms with Crippen LogP contribution in [0.5, 0.6) is 0 Å². The van der Waals surface area contributed by atoms with Crippen LogP contribution in [0.1, 0.15) is 39.7 Å². The molecule has 0 aliphatic rings. The molecule has 110 valence electrons. The Morgan fingerprint density at radius 2 is 1.75 bits per heavy atom. The highest BCUT2D eigenvalue weighted by Crippen LogP contribution is 2.26. The Morgan fingerprint density at radius 3 is 2.15 bits per heavy atom. The van der Waals surface area contributed by atoms with Gasteiger partial charge in [-0.3, -0.25) is 4.79 Å². The van der Waals surface area contributed by atoms with Gasteiger partial charge < -0.3 is 10.0 Å². The molecule has 0 aliphatic carbocycles. The van der Waals surface area contributed by atoms with Crippen molar-refractivity contribution in [1.82, 2.24) is 4.90 Å². The normalized spacial score (nSPS) is 12.8. The lowest BCUT2D eigenvalue weighted by Gasteiger charge is -2.37. The van der Waals surface area contributed by atoms with Gasteiger partial charge in [-0.2, -0.15) is 0 Å². The quantitative estimate of drug-likeness (QED) is 0.900. The summed E-state index contributed by atoms with van der Waals surface area (Å²) in [4.78, 5) is 25.2. The number of nitrogens with zero attached hydrogens (tertiary/aromatic N) is 1. The van der Waals surface area contributed by atoms with Crippen molar-refractivity contribution in [1.29, 1.82) is 0 Å². The Kier molecular flexibility index (Phi) is 5.31. The SMILES string of the molecule is CCC(=O)N(Cc1ccccc1)[C@H](C(=O)O)C(C)(C)C. The molecule has 0 unspecified atom stereocenters. The minimum Gasteiger partial charge on any atom is -0.480 e. The third-order valence-electron chi connectivity index (χ3n) is 3.18. The maximum atomic E-state index is 12.2. The summed E-state index contributed by atoms with van der Waals surface area (Å²) in [5, 5.41) is 9.51. The molecule has 1 aromatic carbocycles. The van der Waals surface area contributed by atoms with E-state index in [0.29, 0.717) is 13.0 Å². The second-order valence-electron chi connectivity index (χ2n) is 5.97. The van der Waals surface area contributed by atoms with Gasteiger partial charge in [0.1, 0.15) is 6.04 Å². The largest absolute Gasteiger partial charge is 0.480 e. The van der Waals surface area contributed by atoms with Crippen LogP contribution in [0.25, 0.3) is 0 Å². The van der Waals surface area contributed by atoms with E-state index in [4.69, 9.17) is 0 Å². The van der Waals surface area contributed by atoms with Crippen molar-refractivity contribution in [2.24, 2.45) is 5.41 Å². The Bertz CT molecular complexity index is 462. The van der Waals surface area contributed by atoms with E-state index in [-0.39, 0.29) is 5.91 Å². The van der Waals surface area contributed by atoms with E-state index in [1.165, 1.54) is 4.90 Å². The van der Waals surface area contributed by atoms with Gasteiger partial charge in [-0.25, -0.2) is 4.79 Å². The van der Waals surface area contributed by atoms with E-state index in [1.807, 2.05) is 51.1 Å². The molecule has 1 aromatic rings. The first kappa shape index (κ1) is 16.2. The van der Waals surface area contributed by atoms with Crippen molar-refractivity contribution in [2.75, 3.05) is 0 Å². The van der Waals surface area contributed by atoms with E-state index >= 15 is 0 Å². The fraction of sp³-hybridized carbons (Fsp3) is 0.500. The lowest BCUT2D eigenvalue weighted by atomic mass is 9.85. The van der Waals surface area contributed by atoms with E-state index in [9.17, 15) is 14.7 Å². The minimum absolute atomic E-state index is 0.142. The summed E-state index contributed by atoms with van der Waals surface area (Å²) in [5.41, 5.74) is 0.413. The van der Waals surface area contributed by atoms with Gasteiger partial charge in [-0.05, 0) is 11.0 Å². The second kappa shape index (κ2) is 6.55. The van der Waals surface area contributed by atoms with Crippen molar-refractivity contribution in [3.63, 3.8) is 0 Å². The number of amides is 1. The third-order valence-corrected chi connectivity index (χ3v) is 3.18. The van der Waals surface area contributed by atoms with Gasteiger partial charge in [0, 0.05) is 13.0 Å². The van der Waals surface area contributed by atoms with Gasteiger partial charge in [0.2, 0.25) is 5.91 Å². The average molecular weight is 277 g/mol. The van der Waals surface area contributed by atoms with Gasteiger partial charge in [-0.1, -0.05) is 58.0 Å². The van der Waals surface area contributed by atoms with Crippen LogP contribution in [-0.4, -0.2) is 27.9 Å². The average Bonchev–Trinajstić information content (AvgIpc) is 2.36. The molecule has 0 aromatic heterocycles. The number of benzene rings is 1. The van der Waals surface area contributed by atoms with E-state index < -0.39 is 17.4 Å². The van der Waals surface area contributed by atoms with Crippen molar-refractivity contribution >= 4 is 11.9 Å². The maximum Gasteiger partial charge on any atom is 0.326 e. The highest BCUT2D eigenvalue weighted by molar-refractivity contribution is 5.84. The molecule has 0 bridgehead atoms. The molecule has 0 radical (unpaired) electrons. The molecule has 4 heteroatoms. The summed E-state index contributed by atoms with van der Waals surface area (Å²) < 4.78 is 0. The van der Waals surface area contributed by atoms with Gasteiger partial charge in [-0.15, -0.1) is 0 Å². The molecule has 0 heterocycles. The zero-order valence-corrected chi connectivity index (χ0v) is 12.6. The first-order valence-corrected chi connectivity index (χ1v) is 6.83. The fourth-order valence-corrected chi connectivity index (χ4v) is 2.28. The topological polar surface area (TPSA) is 57.6 Å². The number of rotatable bonds is 5. The molecule has 0 spiro atoms. The van der Waals surface area contributed by atoms with Crippen LogP contribution < -0.4 is 0 Å². The number of carbonyl (C=O) groups excluding carboxylic acids is 1. The summed E-state index contributed by atoms with van der Waals surface area (Å²) in [6.45, 7) is 7.59. The zero-order valence-electron chi connectivity index (χ0n) is 12.6. The number of carbonyl (C=O) groups is 2. The molecule has 1 atom stereocenters. The molecule has 20 heavy (non-hydrogen) atoms. The van der Waals surface area contributed by atoms with Crippen molar-refractivity contribution in [2.45, 2.75) is 46.7 Å². The maximum absolute atomic E-state index is 12.2. The van der Waals surface area contributed by atoms with Crippen LogP contribution in [0.15, 0.2) is 30.3 Å². The number of aliphatic carboxylic acids is 1. The van der Waals surface area contributed by atoms with Crippen molar-refractivity contribution < 1.29 is 14.7 Å². The van der Waals surface area contributed by atoms with Gasteiger partial charge >= 0.3 is 5.97 Å². The van der Waals surface area contributed by atoms with Crippen molar-refractivity contribution in [3.8, 4) is 0 Å². The Balaban J connectivity index is 3.11. The van der Waals surface area contributed by atoms with Crippen LogP contribution in [0, 0.1) is 5.41 Å². The van der Waals surface area contributed by atoms with Gasteiger partial charge in [0.05, 0.1) is 0 Å². The summed E-state index contributed by atoms with van der Waals surface area (Å²) in [5.74, 6) is -1.11. The summed E-state index contributed by atoms with van der Waals surface area (Å²) >= 11 is 0. The molecule has 1 N–H and O–H groups in total. The molecule has 4 nitrogen and oxygen atoms in total. The van der Waals surface area contributed by atoms with Crippen LogP contribution in [-0.2, 0) is 16.1 Å². The lowest BCUT2D eigenvalue weighted by Crippen LogP contribution is -2.51. The second-order valence-corrected chi connectivity index (χ2v) is 5.97. The smallest absolute Gasteiger partial charge is 0.326 e. The number of carboxylic acids is 1. The Morgan fingerprint density at radius 1 is 1.20 bits per heavy atom. The van der Waals surface area contributed by atoms with Crippen LogP contribution >= 0.6 is 0 Å². The molecule has 0 saturated heterocycles. The minimum atomic E-state index is -0.963. The Hall–Kier alpha value is -1.84. The molecular formula is C16H23NO3. The van der Waals surface area contributed by atoms with Crippen LogP contribution in [0.4, 0.5) is 0 Å². The first-order valence-electron chi connectivity index (χ1n) is 6.83. The number of hydrogen-bond donors (Lipinski definition) is 1. The summed E-state index contributed by atoms with van der Waals surface area (Å²) in [6, 6.07) is 8.63. The van der Waals surface area contributed by atoms with E-state index in [2.05, 4.69) is 0 Å². The predicted molar refractivity (Wildman–Crippen MR) is 78.2 cm³/mol. The zero-order chi connectivity index (χ0) is 15.3. The standard InChI is InChI=1S/C16H23NO3/c1-5-13(18)17(11-12-9-7-6-8-10-12)14(15(19)20)16(2,3)4/h6-10,14H,5,11H2,1-4H3,(H,19,20)/t14-/m1/s1. The first-order chi connectivity index (χ1) is 9.27. The molecule has 0 fully saturated rings. The van der Waals surface area contributed by atoms with E-state index in [1.54, 1.807) is 6.92 Å². The Labute approximate surface area is 120 Å². The number of carboxylic acid groups (broad SMARTS) is 1. The molecule has 0 aliphatic heterocycles. The third kappa shape index (κ3) is 4.08. The molecule has 1 amide bonds.